The zero-order valence-corrected chi connectivity index (χ0v) is 8.49. The molecular weight excluding hydrogens is 204 g/mol. The summed E-state index contributed by atoms with van der Waals surface area (Å²) in [6.07, 6.45) is 5.25. The van der Waals surface area contributed by atoms with Crippen molar-refractivity contribution in [3.05, 3.63) is 25.0 Å². The van der Waals surface area contributed by atoms with E-state index in [0.717, 1.165) is 6.26 Å². The summed E-state index contributed by atoms with van der Waals surface area (Å²) >= 11 is 0. The Morgan fingerprint density at radius 2 is 2.07 bits per heavy atom. The maximum absolute atomic E-state index is 11.0. The first-order chi connectivity index (χ1) is 6.54. The molecular formula is C8H10N2O3S. The molecule has 1 aromatic rings. The highest BCUT2D eigenvalue weighted by Crippen LogP contribution is 2.08. The molecule has 0 unspecified atom stereocenters. The first kappa shape index (κ1) is 10.6. The van der Waals surface area contributed by atoms with Crippen molar-refractivity contribution in [1.29, 1.82) is 0 Å². The van der Waals surface area contributed by atoms with Gasteiger partial charge in [-0.15, -0.1) is 0 Å². The van der Waals surface area contributed by atoms with Gasteiger partial charge in [0, 0.05) is 6.26 Å². The fourth-order valence-electron chi connectivity index (χ4n) is 0.726. The number of hydrogen-bond acceptors (Lipinski definition) is 5. The van der Waals surface area contributed by atoms with Gasteiger partial charge < -0.3 is 4.74 Å². The van der Waals surface area contributed by atoms with E-state index < -0.39 is 9.84 Å². The van der Waals surface area contributed by atoms with E-state index >= 15 is 0 Å². The van der Waals surface area contributed by atoms with Crippen LogP contribution in [0.3, 0.4) is 0 Å². The van der Waals surface area contributed by atoms with E-state index in [1.807, 2.05) is 0 Å². The Balaban J connectivity index is 2.84. The largest absolute Gasteiger partial charge is 0.486 e. The van der Waals surface area contributed by atoms with Gasteiger partial charge in [0.05, 0.1) is 12.4 Å². The summed E-state index contributed by atoms with van der Waals surface area (Å²) in [4.78, 5) is 7.29. The SMILES string of the molecule is C=CCOc1cnc(S(C)(=O)=O)nc1. The van der Waals surface area contributed by atoms with Gasteiger partial charge in [-0.1, -0.05) is 12.7 Å². The molecule has 0 bridgehead atoms. The molecule has 0 saturated carbocycles. The Bertz CT molecular complexity index is 411. The highest BCUT2D eigenvalue weighted by Gasteiger charge is 2.09. The molecule has 0 aliphatic carbocycles. The molecule has 6 heteroatoms. The number of aromatic nitrogens is 2. The second-order valence-electron chi connectivity index (χ2n) is 2.57. The molecule has 5 nitrogen and oxygen atoms in total. The predicted octanol–water partition coefficient (Wildman–Crippen LogP) is 0.445. The van der Waals surface area contributed by atoms with E-state index in [1.165, 1.54) is 12.4 Å². The zero-order chi connectivity index (χ0) is 10.6. The van der Waals surface area contributed by atoms with Crippen LogP contribution in [0.5, 0.6) is 5.75 Å². The lowest BCUT2D eigenvalue weighted by atomic mass is 10.6. The van der Waals surface area contributed by atoms with Crippen LogP contribution in [0.25, 0.3) is 0 Å². The smallest absolute Gasteiger partial charge is 0.246 e. The minimum Gasteiger partial charge on any atom is -0.486 e. The topological polar surface area (TPSA) is 69.2 Å². The molecule has 1 aromatic heterocycles. The van der Waals surface area contributed by atoms with Crippen molar-refractivity contribution in [2.45, 2.75) is 5.16 Å². The molecule has 0 radical (unpaired) electrons. The molecule has 0 spiro atoms. The molecule has 14 heavy (non-hydrogen) atoms. The normalized spacial score (nSPS) is 10.9. The summed E-state index contributed by atoms with van der Waals surface area (Å²) in [6.45, 7) is 3.81. The van der Waals surface area contributed by atoms with E-state index in [-0.39, 0.29) is 5.16 Å². The van der Waals surface area contributed by atoms with Gasteiger partial charge in [-0.05, 0) is 0 Å². The Morgan fingerprint density at radius 3 is 2.50 bits per heavy atom. The number of hydrogen-bond donors (Lipinski definition) is 0. The van der Waals surface area contributed by atoms with Crippen LogP contribution < -0.4 is 4.74 Å². The van der Waals surface area contributed by atoms with Crippen molar-refractivity contribution < 1.29 is 13.2 Å². The zero-order valence-electron chi connectivity index (χ0n) is 7.67. The maximum atomic E-state index is 11.0. The second-order valence-corrected chi connectivity index (χ2v) is 4.48. The monoisotopic (exact) mass is 214 g/mol. The summed E-state index contributed by atoms with van der Waals surface area (Å²) in [7, 11) is -3.34. The number of nitrogens with zero attached hydrogens (tertiary/aromatic N) is 2. The average molecular weight is 214 g/mol. The Morgan fingerprint density at radius 1 is 1.50 bits per heavy atom. The van der Waals surface area contributed by atoms with Crippen molar-refractivity contribution in [1.82, 2.24) is 9.97 Å². The van der Waals surface area contributed by atoms with Crippen molar-refractivity contribution in [3.8, 4) is 5.75 Å². The molecule has 0 aliphatic heterocycles. The Kier molecular flexibility index (Phi) is 3.19. The fraction of sp³-hybridized carbons (Fsp3) is 0.250. The molecule has 1 rings (SSSR count). The van der Waals surface area contributed by atoms with Crippen molar-refractivity contribution >= 4 is 9.84 Å². The lowest BCUT2D eigenvalue weighted by molar-refractivity contribution is 0.358. The van der Waals surface area contributed by atoms with Crippen molar-refractivity contribution in [2.75, 3.05) is 12.9 Å². The van der Waals surface area contributed by atoms with Gasteiger partial charge in [0.1, 0.15) is 6.61 Å². The summed E-state index contributed by atoms with van der Waals surface area (Å²) in [6, 6.07) is 0. The lowest BCUT2D eigenvalue weighted by Gasteiger charge is -2.01. The van der Waals surface area contributed by atoms with Crippen LogP contribution in [0, 0.1) is 0 Å². The van der Waals surface area contributed by atoms with Gasteiger partial charge in [0.15, 0.2) is 5.75 Å². The standard InChI is InChI=1S/C8H10N2O3S/c1-3-4-13-7-5-9-8(10-6-7)14(2,11)12/h3,5-6H,1,4H2,2H3. The predicted molar refractivity (Wildman–Crippen MR) is 50.8 cm³/mol. The molecule has 0 aliphatic rings. The van der Waals surface area contributed by atoms with Gasteiger partial charge >= 0.3 is 0 Å². The Labute approximate surface area is 82.4 Å². The summed E-state index contributed by atoms with van der Waals surface area (Å²) in [5.74, 6) is 0.414. The minimum atomic E-state index is -3.34. The van der Waals surface area contributed by atoms with Gasteiger partial charge in [0.2, 0.25) is 15.0 Å². The average Bonchev–Trinajstić information content (AvgIpc) is 2.14. The quantitative estimate of drug-likeness (QED) is 0.537. The van der Waals surface area contributed by atoms with Crippen molar-refractivity contribution in [2.24, 2.45) is 0 Å². The van der Waals surface area contributed by atoms with E-state index in [1.54, 1.807) is 6.08 Å². The first-order valence-corrected chi connectivity index (χ1v) is 5.69. The number of sulfone groups is 1. The third kappa shape index (κ3) is 2.81. The van der Waals surface area contributed by atoms with Crippen LogP contribution in [-0.2, 0) is 9.84 Å². The van der Waals surface area contributed by atoms with Crippen LogP contribution in [0.4, 0.5) is 0 Å². The van der Waals surface area contributed by atoms with Crippen molar-refractivity contribution in [3.63, 3.8) is 0 Å². The van der Waals surface area contributed by atoms with E-state index in [2.05, 4.69) is 16.5 Å². The van der Waals surface area contributed by atoms with Crippen LogP contribution >= 0.6 is 0 Å². The van der Waals surface area contributed by atoms with Gasteiger partial charge in [-0.3, -0.25) is 0 Å². The van der Waals surface area contributed by atoms with Crippen LogP contribution in [0.15, 0.2) is 30.2 Å². The summed E-state index contributed by atoms with van der Waals surface area (Å²) in [5.41, 5.74) is 0. The molecule has 1 heterocycles. The van der Waals surface area contributed by atoms with E-state index in [9.17, 15) is 8.42 Å². The van der Waals surface area contributed by atoms with Crippen LogP contribution in [-0.4, -0.2) is 31.2 Å². The molecule has 0 amide bonds. The third-order valence-electron chi connectivity index (χ3n) is 1.30. The number of rotatable bonds is 4. The minimum absolute atomic E-state index is 0.205. The van der Waals surface area contributed by atoms with Gasteiger partial charge in [-0.25, -0.2) is 18.4 Å². The lowest BCUT2D eigenvalue weighted by Crippen LogP contribution is -2.04. The third-order valence-corrected chi connectivity index (χ3v) is 2.18. The van der Waals surface area contributed by atoms with Gasteiger partial charge in [-0.2, -0.15) is 0 Å². The van der Waals surface area contributed by atoms with Crippen LogP contribution in [0.2, 0.25) is 0 Å². The molecule has 76 valence electrons. The fourth-order valence-corrected chi connectivity index (χ4v) is 1.21. The second kappa shape index (κ2) is 4.19. The van der Waals surface area contributed by atoms with Crippen LogP contribution in [0.1, 0.15) is 0 Å². The Hall–Kier alpha value is -1.43. The number of ether oxygens (including phenoxy) is 1. The van der Waals surface area contributed by atoms with Gasteiger partial charge in [0.25, 0.3) is 0 Å². The van der Waals surface area contributed by atoms with E-state index in [4.69, 9.17) is 4.74 Å². The molecule has 0 atom stereocenters. The molecule has 0 aromatic carbocycles. The van der Waals surface area contributed by atoms with E-state index in [0.29, 0.717) is 12.4 Å². The molecule has 0 N–H and O–H groups in total. The summed E-state index contributed by atoms with van der Waals surface area (Å²) in [5, 5.41) is -0.205. The molecule has 0 fully saturated rings. The molecule has 0 saturated heterocycles. The first-order valence-electron chi connectivity index (χ1n) is 3.80. The highest BCUT2D eigenvalue weighted by molar-refractivity contribution is 7.90. The maximum Gasteiger partial charge on any atom is 0.246 e. The summed E-state index contributed by atoms with van der Waals surface area (Å²) < 4.78 is 27.0. The highest BCUT2D eigenvalue weighted by atomic mass is 32.2.